The largest absolute Gasteiger partial charge is 0.374 e. The van der Waals surface area contributed by atoms with Crippen LogP contribution in [0.25, 0.3) is 0 Å². The molecule has 0 radical (unpaired) electrons. The molecule has 2 atom stereocenters. The molecule has 1 saturated carbocycles. The van der Waals surface area contributed by atoms with Gasteiger partial charge in [0.25, 0.3) is 0 Å². The quantitative estimate of drug-likeness (QED) is 0.877. The Kier molecular flexibility index (Phi) is 4.74. The van der Waals surface area contributed by atoms with Gasteiger partial charge in [0.05, 0.1) is 0 Å². The molecule has 2 heteroatoms. The molecule has 1 aromatic rings. The van der Waals surface area contributed by atoms with Crippen LogP contribution in [0.4, 0.5) is 5.69 Å². The summed E-state index contributed by atoms with van der Waals surface area (Å²) in [6.07, 6.45) is 2.66. The molecule has 112 valence electrons. The Morgan fingerprint density at radius 3 is 2.75 bits per heavy atom. The van der Waals surface area contributed by atoms with Crippen LogP contribution in [-0.4, -0.2) is 26.2 Å². The van der Waals surface area contributed by atoms with E-state index >= 15 is 0 Å². The van der Waals surface area contributed by atoms with Crippen LogP contribution in [0.3, 0.4) is 0 Å². The van der Waals surface area contributed by atoms with Gasteiger partial charge in [-0.1, -0.05) is 32.9 Å². The maximum absolute atomic E-state index is 3.73. The van der Waals surface area contributed by atoms with Gasteiger partial charge in [0, 0.05) is 25.3 Å². The lowest BCUT2D eigenvalue weighted by Crippen LogP contribution is -2.45. The monoisotopic (exact) mass is 274 g/mol. The molecule has 2 unspecified atom stereocenters. The average Bonchev–Trinajstić information content (AvgIpc) is 2.67. The fourth-order valence-electron chi connectivity index (χ4n) is 3.70. The van der Waals surface area contributed by atoms with E-state index in [-0.39, 0.29) is 0 Å². The first-order valence-electron chi connectivity index (χ1n) is 7.95. The third kappa shape index (κ3) is 3.35. The van der Waals surface area contributed by atoms with Gasteiger partial charge < -0.3 is 10.2 Å². The zero-order chi connectivity index (χ0) is 14.8. The smallest absolute Gasteiger partial charge is 0.0366 e. The molecular formula is C18H30N2. The molecule has 0 saturated heterocycles. The van der Waals surface area contributed by atoms with E-state index < -0.39 is 0 Å². The van der Waals surface area contributed by atoms with Crippen LogP contribution in [0, 0.1) is 18.3 Å². The van der Waals surface area contributed by atoms with Gasteiger partial charge in [-0.05, 0) is 55.3 Å². The van der Waals surface area contributed by atoms with Crippen LogP contribution < -0.4 is 10.2 Å². The van der Waals surface area contributed by atoms with E-state index in [4.69, 9.17) is 0 Å². The highest BCUT2D eigenvalue weighted by Crippen LogP contribution is 2.41. The van der Waals surface area contributed by atoms with Gasteiger partial charge in [0.1, 0.15) is 0 Å². The van der Waals surface area contributed by atoms with Crippen molar-refractivity contribution in [2.24, 2.45) is 11.3 Å². The summed E-state index contributed by atoms with van der Waals surface area (Å²) in [5, 5.41) is 3.73. The highest BCUT2D eigenvalue weighted by atomic mass is 15.1. The van der Waals surface area contributed by atoms with Gasteiger partial charge in [-0.2, -0.15) is 0 Å². The van der Waals surface area contributed by atoms with E-state index in [1.807, 2.05) is 0 Å². The minimum Gasteiger partial charge on any atom is -0.374 e. The molecule has 2 nitrogen and oxygen atoms in total. The van der Waals surface area contributed by atoms with E-state index in [1.54, 1.807) is 0 Å². The van der Waals surface area contributed by atoms with E-state index in [0.717, 1.165) is 19.0 Å². The molecule has 0 aliphatic heterocycles. The van der Waals surface area contributed by atoms with Crippen LogP contribution >= 0.6 is 0 Å². The van der Waals surface area contributed by atoms with E-state index in [9.17, 15) is 0 Å². The molecule has 1 aliphatic rings. The summed E-state index contributed by atoms with van der Waals surface area (Å²) in [5.74, 6) is 0.746. The Balaban J connectivity index is 2.05. The van der Waals surface area contributed by atoms with Gasteiger partial charge in [0.2, 0.25) is 0 Å². The summed E-state index contributed by atoms with van der Waals surface area (Å²) in [6, 6.07) is 9.45. The van der Waals surface area contributed by atoms with Crippen LogP contribution in [0.2, 0.25) is 0 Å². The Bertz CT molecular complexity index is 439. The van der Waals surface area contributed by atoms with E-state index in [2.05, 4.69) is 69.2 Å². The third-order valence-corrected chi connectivity index (χ3v) is 4.85. The normalized spacial score (nSPS) is 24.9. The summed E-state index contributed by atoms with van der Waals surface area (Å²) in [5.41, 5.74) is 3.10. The Morgan fingerprint density at radius 2 is 2.10 bits per heavy atom. The fourth-order valence-corrected chi connectivity index (χ4v) is 3.70. The van der Waals surface area contributed by atoms with Crippen molar-refractivity contribution in [3.05, 3.63) is 29.8 Å². The van der Waals surface area contributed by atoms with Gasteiger partial charge in [-0.3, -0.25) is 0 Å². The van der Waals surface area contributed by atoms with Gasteiger partial charge in [0.15, 0.2) is 0 Å². The number of rotatable bonds is 5. The van der Waals surface area contributed by atoms with Gasteiger partial charge in [-0.25, -0.2) is 0 Å². The van der Waals surface area contributed by atoms with E-state index in [0.29, 0.717) is 11.5 Å². The van der Waals surface area contributed by atoms with Gasteiger partial charge in [-0.15, -0.1) is 0 Å². The molecule has 20 heavy (non-hydrogen) atoms. The predicted molar refractivity (Wildman–Crippen MR) is 88.4 cm³/mol. The number of nitrogens with one attached hydrogen (secondary N) is 1. The van der Waals surface area contributed by atoms with Crippen molar-refractivity contribution in [1.82, 2.24) is 5.32 Å². The molecule has 1 aromatic carbocycles. The fraction of sp³-hybridized carbons (Fsp3) is 0.667. The minimum absolute atomic E-state index is 0.425. The molecule has 1 fully saturated rings. The first-order chi connectivity index (χ1) is 9.44. The number of anilines is 1. The summed E-state index contributed by atoms with van der Waals surface area (Å²) in [7, 11) is 2.23. The van der Waals surface area contributed by atoms with Crippen molar-refractivity contribution >= 4 is 5.69 Å². The summed E-state index contributed by atoms with van der Waals surface area (Å²) in [6.45, 7) is 11.4. The number of aryl methyl sites for hydroxylation is 1. The molecule has 0 amide bonds. The van der Waals surface area contributed by atoms with Crippen LogP contribution in [0.5, 0.6) is 0 Å². The molecule has 1 aliphatic carbocycles. The number of hydrogen-bond donors (Lipinski definition) is 1. The average molecular weight is 274 g/mol. The van der Waals surface area contributed by atoms with Crippen molar-refractivity contribution in [3.8, 4) is 0 Å². The maximum Gasteiger partial charge on any atom is 0.0366 e. The lowest BCUT2D eigenvalue weighted by molar-refractivity contribution is 0.253. The standard InChI is InChI=1S/C18H30N2/c1-6-19-17-15(10-11-18(17,3)4)13-20(5)16-9-7-8-14(2)12-16/h7-9,12,15,17,19H,6,10-11,13H2,1-5H3. The number of benzene rings is 1. The molecule has 0 bridgehead atoms. The summed E-state index contributed by atoms with van der Waals surface area (Å²) >= 11 is 0. The Labute approximate surface area is 124 Å². The molecule has 0 spiro atoms. The van der Waals surface area contributed by atoms with Crippen molar-refractivity contribution in [2.75, 3.05) is 25.0 Å². The predicted octanol–water partition coefficient (Wildman–Crippen LogP) is 3.85. The van der Waals surface area contributed by atoms with Crippen molar-refractivity contribution in [2.45, 2.75) is 46.6 Å². The molecule has 0 aromatic heterocycles. The lowest BCUT2D eigenvalue weighted by Gasteiger charge is -2.34. The molecule has 1 N–H and O–H groups in total. The van der Waals surface area contributed by atoms with Crippen molar-refractivity contribution in [3.63, 3.8) is 0 Å². The van der Waals surface area contributed by atoms with Crippen molar-refractivity contribution < 1.29 is 0 Å². The van der Waals surface area contributed by atoms with Crippen LogP contribution in [0.1, 0.15) is 39.2 Å². The highest BCUT2D eigenvalue weighted by molar-refractivity contribution is 5.47. The third-order valence-electron chi connectivity index (χ3n) is 4.85. The maximum atomic E-state index is 3.73. The zero-order valence-electron chi connectivity index (χ0n) is 13.7. The second-order valence-corrected chi connectivity index (χ2v) is 7.04. The molecule has 2 rings (SSSR count). The topological polar surface area (TPSA) is 15.3 Å². The zero-order valence-corrected chi connectivity index (χ0v) is 13.7. The van der Waals surface area contributed by atoms with E-state index in [1.165, 1.54) is 24.1 Å². The second kappa shape index (κ2) is 6.17. The number of nitrogens with zero attached hydrogens (tertiary/aromatic N) is 1. The number of hydrogen-bond acceptors (Lipinski definition) is 2. The summed E-state index contributed by atoms with van der Waals surface area (Å²) in [4.78, 5) is 2.42. The Morgan fingerprint density at radius 1 is 1.35 bits per heavy atom. The minimum atomic E-state index is 0.425. The lowest BCUT2D eigenvalue weighted by atomic mass is 9.84. The molecular weight excluding hydrogens is 244 g/mol. The first kappa shape index (κ1) is 15.4. The van der Waals surface area contributed by atoms with Crippen LogP contribution in [-0.2, 0) is 0 Å². The van der Waals surface area contributed by atoms with Crippen molar-refractivity contribution in [1.29, 1.82) is 0 Å². The SMILES string of the molecule is CCNC1C(CN(C)c2cccc(C)c2)CCC1(C)C. The highest BCUT2D eigenvalue weighted by Gasteiger charge is 2.41. The van der Waals surface area contributed by atoms with Gasteiger partial charge >= 0.3 is 0 Å². The Hall–Kier alpha value is -1.02. The van der Waals surface area contributed by atoms with Crippen LogP contribution in [0.15, 0.2) is 24.3 Å². The molecule has 0 heterocycles. The first-order valence-corrected chi connectivity index (χ1v) is 7.95. The second-order valence-electron chi connectivity index (χ2n) is 7.04. The summed E-state index contributed by atoms with van der Waals surface area (Å²) < 4.78 is 0.